The first kappa shape index (κ1) is 13.9. The van der Waals surface area contributed by atoms with Crippen LogP contribution in [0.3, 0.4) is 0 Å². The molecular formula is C16H15FN2O. The van der Waals surface area contributed by atoms with Gasteiger partial charge < -0.3 is 0 Å². The Kier molecular flexibility index (Phi) is 4.60. The fourth-order valence-corrected chi connectivity index (χ4v) is 1.67. The summed E-state index contributed by atoms with van der Waals surface area (Å²) in [6.07, 6.45) is 2.41. The number of carbonyl (C=O) groups is 1. The highest BCUT2D eigenvalue weighted by Gasteiger charge is 2.03. The summed E-state index contributed by atoms with van der Waals surface area (Å²) in [5.74, 6) is -0.576. The van der Waals surface area contributed by atoms with Crippen LogP contribution in [0.1, 0.15) is 28.4 Å². The number of halogens is 1. The van der Waals surface area contributed by atoms with Gasteiger partial charge in [0.15, 0.2) is 0 Å². The molecule has 0 saturated carbocycles. The summed E-state index contributed by atoms with van der Waals surface area (Å²) in [4.78, 5) is 11.8. The van der Waals surface area contributed by atoms with Gasteiger partial charge in [-0.1, -0.05) is 31.2 Å². The Labute approximate surface area is 117 Å². The van der Waals surface area contributed by atoms with E-state index in [1.54, 1.807) is 24.3 Å². The molecule has 1 N–H and O–H groups in total. The van der Waals surface area contributed by atoms with Crippen molar-refractivity contribution in [3.05, 3.63) is 71.0 Å². The van der Waals surface area contributed by atoms with Crippen LogP contribution in [-0.2, 0) is 6.42 Å². The minimum absolute atomic E-state index is 0.272. The number of hydrazone groups is 1. The third-order valence-corrected chi connectivity index (χ3v) is 2.87. The molecule has 1 amide bonds. The van der Waals surface area contributed by atoms with Gasteiger partial charge in [-0.05, 0) is 41.8 Å². The molecule has 0 saturated heterocycles. The molecule has 0 radical (unpaired) electrons. The van der Waals surface area contributed by atoms with Crippen molar-refractivity contribution in [3.8, 4) is 0 Å². The number of hydrogen-bond donors (Lipinski definition) is 1. The highest BCUT2D eigenvalue weighted by molar-refractivity contribution is 5.94. The van der Waals surface area contributed by atoms with Crippen LogP contribution in [0, 0.1) is 5.82 Å². The molecule has 3 nitrogen and oxygen atoms in total. The quantitative estimate of drug-likeness (QED) is 0.673. The van der Waals surface area contributed by atoms with Crippen LogP contribution in [-0.4, -0.2) is 12.1 Å². The summed E-state index contributed by atoms with van der Waals surface area (Å²) in [5.41, 5.74) is 4.88. The Balaban J connectivity index is 1.95. The third kappa shape index (κ3) is 3.75. The largest absolute Gasteiger partial charge is 0.271 e. The highest BCUT2D eigenvalue weighted by Crippen LogP contribution is 2.05. The number of benzene rings is 2. The van der Waals surface area contributed by atoms with E-state index in [1.165, 1.54) is 23.9 Å². The monoisotopic (exact) mass is 270 g/mol. The minimum Gasteiger partial charge on any atom is -0.267 e. The third-order valence-electron chi connectivity index (χ3n) is 2.87. The fraction of sp³-hybridized carbons (Fsp3) is 0.125. The predicted molar refractivity (Wildman–Crippen MR) is 77.3 cm³/mol. The van der Waals surface area contributed by atoms with Gasteiger partial charge in [-0.15, -0.1) is 0 Å². The Hall–Kier alpha value is -2.49. The summed E-state index contributed by atoms with van der Waals surface area (Å²) in [6.45, 7) is 2.06. The van der Waals surface area contributed by atoms with Gasteiger partial charge in [0, 0.05) is 5.56 Å². The lowest BCUT2D eigenvalue weighted by molar-refractivity contribution is 0.0955. The van der Waals surface area contributed by atoms with E-state index in [2.05, 4.69) is 17.5 Å². The Bertz CT molecular complexity index is 603. The van der Waals surface area contributed by atoms with Gasteiger partial charge in [0.05, 0.1) is 6.21 Å². The van der Waals surface area contributed by atoms with Crippen molar-refractivity contribution in [3.63, 3.8) is 0 Å². The van der Waals surface area contributed by atoms with Gasteiger partial charge in [-0.2, -0.15) is 5.10 Å². The van der Waals surface area contributed by atoms with E-state index in [4.69, 9.17) is 0 Å². The second-order valence-corrected chi connectivity index (χ2v) is 4.30. The van der Waals surface area contributed by atoms with E-state index in [0.29, 0.717) is 11.1 Å². The average Bonchev–Trinajstić information content (AvgIpc) is 2.49. The van der Waals surface area contributed by atoms with E-state index in [9.17, 15) is 9.18 Å². The van der Waals surface area contributed by atoms with Crippen molar-refractivity contribution in [1.29, 1.82) is 0 Å². The van der Waals surface area contributed by atoms with Crippen LogP contribution in [0.4, 0.5) is 4.39 Å². The lowest BCUT2D eigenvalue weighted by Crippen LogP contribution is -2.17. The van der Waals surface area contributed by atoms with Crippen molar-refractivity contribution < 1.29 is 9.18 Å². The van der Waals surface area contributed by atoms with Crippen LogP contribution in [0.2, 0.25) is 0 Å². The molecule has 4 heteroatoms. The molecule has 0 aliphatic carbocycles. The van der Waals surface area contributed by atoms with Gasteiger partial charge in [0.1, 0.15) is 5.82 Å². The van der Waals surface area contributed by atoms with Gasteiger partial charge in [-0.25, -0.2) is 9.82 Å². The molecule has 0 aliphatic rings. The molecule has 2 rings (SSSR count). The number of nitrogens with one attached hydrogen (secondary N) is 1. The maximum atomic E-state index is 12.7. The summed E-state index contributed by atoms with van der Waals surface area (Å²) in [5, 5.41) is 3.84. The zero-order chi connectivity index (χ0) is 14.4. The van der Waals surface area contributed by atoms with Crippen molar-refractivity contribution in [2.45, 2.75) is 13.3 Å². The Morgan fingerprint density at radius 3 is 2.40 bits per heavy atom. The summed E-state index contributed by atoms with van der Waals surface area (Å²) in [7, 11) is 0. The first-order valence-electron chi connectivity index (χ1n) is 6.37. The number of rotatable bonds is 4. The first-order valence-corrected chi connectivity index (χ1v) is 6.37. The lowest BCUT2D eigenvalue weighted by Gasteiger charge is -2.01. The summed E-state index contributed by atoms with van der Waals surface area (Å²) >= 11 is 0. The maximum absolute atomic E-state index is 12.7. The molecule has 0 heterocycles. The fourth-order valence-electron chi connectivity index (χ4n) is 1.67. The molecule has 0 fully saturated rings. The molecule has 0 atom stereocenters. The maximum Gasteiger partial charge on any atom is 0.271 e. The van der Waals surface area contributed by atoms with E-state index < -0.39 is 0 Å². The summed E-state index contributed by atoms with van der Waals surface area (Å²) < 4.78 is 12.7. The zero-order valence-electron chi connectivity index (χ0n) is 11.1. The van der Waals surface area contributed by atoms with E-state index >= 15 is 0 Å². The van der Waals surface area contributed by atoms with E-state index in [0.717, 1.165) is 6.42 Å². The van der Waals surface area contributed by atoms with Crippen LogP contribution in [0.15, 0.2) is 53.6 Å². The Morgan fingerprint density at radius 2 is 1.80 bits per heavy atom. The number of aryl methyl sites for hydroxylation is 1. The lowest BCUT2D eigenvalue weighted by atomic mass is 10.1. The average molecular weight is 270 g/mol. The van der Waals surface area contributed by atoms with Crippen LogP contribution in [0.5, 0.6) is 0 Å². The van der Waals surface area contributed by atoms with Crippen LogP contribution < -0.4 is 5.43 Å². The highest BCUT2D eigenvalue weighted by atomic mass is 19.1. The molecular weight excluding hydrogens is 255 g/mol. The van der Waals surface area contributed by atoms with Crippen LogP contribution in [0.25, 0.3) is 0 Å². The van der Waals surface area contributed by atoms with Gasteiger partial charge in [-0.3, -0.25) is 4.79 Å². The van der Waals surface area contributed by atoms with E-state index in [-0.39, 0.29) is 11.7 Å². The molecule has 0 unspecified atom stereocenters. The molecule has 2 aromatic rings. The van der Waals surface area contributed by atoms with Crippen molar-refractivity contribution >= 4 is 12.1 Å². The molecule has 0 aromatic heterocycles. The molecule has 102 valence electrons. The molecule has 2 aromatic carbocycles. The van der Waals surface area contributed by atoms with E-state index in [1.807, 2.05) is 12.1 Å². The SMILES string of the molecule is CCc1ccc(C(=O)N/N=C\c2ccc(F)cc2)cc1. The second-order valence-electron chi connectivity index (χ2n) is 4.30. The number of amides is 1. The molecule has 0 aliphatic heterocycles. The van der Waals surface area contributed by atoms with Crippen molar-refractivity contribution in [2.24, 2.45) is 5.10 Å². The first-order chi connectivity index (χ1) is 9.69. The Morgan fingerprint density at radius 1 is 1.15 bits per heavy atom. The van der Waals surface area contributed by atoms with Gasteiger partial charge in [0.2, 0.25) is 0 Å². The molecule has 0 spiro atoms. The normalized spacial score (nSPS) is 10.7. The number of carbonyl (C=O) groups excluding carboxylic acids is 1. The number of nitrogens with zero attached hydrogens (tertiary/aromatic N) is 1. The molecule has 20 heavy (non-hydrogen) atoms. The topological polar surface area (TPSA) is 41.5 Å². The summed E-state index contributed by atoms with van der Waals surface area (Å²) in [6, 6.07) is 13.2. The minimum atomic E-state index is -0.304. The van der Waals surface area contributed by atoms with Gasteiger partial charge >= 0.3 is 0 Å². The predicted octanol–water partition coefficient (Wildman–Crippen LogP) is 3.15. The molecule has 0 bridgehead atoms. The van der Waals surface area contributed by atoms with Gasteiger partial charge in [0.25, 0.3) is 5.91 Å². The zero-order valence-corrected chi connectivity index (χ0v) is 11.1. The second kappa shape index (κ2) is 6.61. The number of hydrogen-bond acceptors (Lipinski definition) is 2. The van der Waals surface area contributed by atoms with Crippen LogP contribution >= 0.6 is 0 Å². The smallest absolute Gasteiger partial charge is 0.267 e. The van der Waals surface area contributed by atoms with Crippen molar-refractivity contribution in [2.75, 3.05) is 0 Å². The van der Waals surface area contributed by atoms with Crippen molar-refractivity contribution in [1.82, 2.24) is 5.43 Å². The standard InChI is InChI=1S/C16H15FN2O/c1-2-12-3-7-14(8-4-12)16(20)19-18-11-13-5-9-15(17)10-6-13/h3-11H,2H2,1H3,(H,19,20)/b18-11-.